The van der Waals surface area contributed by atoms with Crippen molar-refractivity contribution in [3.63, 3.8) is 0 Å². The molecule has 1 aromatic heterocycles. The van der Waals surface area contributed by atoms with E-state index in [0.717, 1.165) is 22.2 Å². The lowest BCUT2D eigenvalue weighted by molar-refractivity contribution is 0.0840. The predicted octanol–water partition coefficient (Wildman–Crippen LogP) is 4.46. The summed E-state index contributed by atoms with van der Waals surface area (Å²) in [4.78, 5) is 12.8. The van der Waals surface area contributed by atoms with Gasteiger partial charge in [0.1, 0.15) is 5.75 Å². The molecular weight excluding hydrogens is 326 g/mol. The maximum atomic E-state index is 12.8. The molecule has 4 heteroatoms. The summed E-state index contributed by atoms with van der Waals surface area (Å²) in [6.07, 6.45) is 0. The molecule has 2 aromatic carbocycles. The SMILES string of the molecule is Cc1c(CO)c2ccccc2n1C(=O)COc1ccc(C(C)(C)C)cc1. The highest BCUT2D eigenvalue weighted by Crippen LogP contribution is 2.26. The van der Waals surface area contributed by atoms with Crippen LogP contribution in [0.2, 0.25) is 0 Å². The molecule has 0 saturated carbocycles. The zero-order valence-corrected chi connectivity index (χ0v) is 15.7. The Labute approximate surface area is 154 Å². The van der Waals surface area contributed by atoms with Crippen LogP contribution in [0.25, 0.3) is 10.9 Å². The van der Waals surface area contributed by atoms with Crippen LogP contribution in [0.15, 0.2) is 48.5 Å². The van der Waals surface area contributed by atoms with E-state index in [1.807, 2.05) is 55.5 Å². The number of carbonyl (C=O) groups is 1. The van der Waals surface area contributed by atoms with Crippen molar-refractivity contribution >= 4 is 16.8 Å². The number of para-hydroxylation sites is 1. The summed E-state index contributed by atoms with van der Waals surface area (Å²) in [6.45, 7) is 8.17. The van der Waals surface area contributed by atoms with Gasteiger partial charge in [0.05, 0.1) is 12.1 Å². The van der Waals surface area contributed by atoms with Gasteiger partial charge in [0.25, 0.3) is 5.91 Å². The molecule has 3 aromatic rings. The number of aromatic nitrogens is 1. The van der Waals surface area contributed by atoms with E-state index in [2.05, 4.69) is 20.8 Å². The van der Waals surface area contributed by atoms with E-state index in [-0.39, 0.29) is 24.5 Å². The van der Waals surface area contributed by atoms with Crippen molar-refractivity contribution in [3.05, 3.63) is 65.4 Å². The Morgan fingerprint density at radius 2 is 1.73 bits per heavy atom. The Morgan fingerprint density at radius 3 is 2.35 bits per heavy atom. The third kappa shape index (κ3) is 3.37. The van der Waals surface area contributed by atoms with Crippen LogP contribution in [0, 0.1) is 6.92 Å². The van der Waals surface area contributed by atoms with Crippen LogP contribution >= 0.6 is 0 Å². The van der Waals surface area contributed by atoms with Crippen molar-refractivity contribution in [1.29, 1.82) is 0 Å². The predicted molar refractivity (Wildman–Crippen MR) is 104 cm³/mol. The lowest BCUT2D eigenvalue weighted by atomic mass is 9.87. The third-order valence-corrected chi connectivity index (χ3v) is 4.73. The molecule has 0 aliphatic rings. The van der Waals surface area contributed by atoms with Crippen molar-refractivity contribution in [2.45, 2.75) is 39.7 Å². The van der Waals surface area contributed by atoms with E-state index in [1.165, 1.54) is 5.56 Å². The monoisotopic (exact) mass is 351 g/mol. The molecule has 0 unspecified atom stereocenters. The molecule has 0 atom stereocenters. The number of hydrogen-bond donors (Lipinski definition) is 1. The Bertz CT molecular complexity index is 930. The van der Waals surface area contributed by atoms with Gasteiger partial charge in [-0.2, -0.15) is 0 Å². The van der Waals surface area contributed by atoms with E-state index < -0.39 is 0 Å². The highest BCUT2D eigenvalue weighted by atomic mass is 16.5. The molecule has 26 heavy (non-hydrogen) atoms. The minimum Gasteiger partial charge on any atom is -0.484 e. The summed E-state index contributed by atoms with van der Waals surface area (Å²) in [7, 11) is 0. The van der Waals surface area contributed by atoms with E-state index in [4.69, 9.17) is 4.74 Å². The molecule has 0 aliphatic carbocycles. The largest absolute Gasteiger partial charge is 0.484 e. The number of nitrogens with zero attached hydrogens (tertiary/aromatic N) is 1. The minimum atomic E-state index is -0.154. The van der Waals surface area contributed by atoms with Crippen LogP contribution in [0.4, 0.5) is 0 Å². The van der Waals surface area contributed by atoms with Crippen molar-refractivity contribution < 1.29 is 14.6 Å². The van der Waals surface area contributed by atoms with Crippen LogP contribution in [0.3, 0.4) is 0 Å². The number of aliphatic hydroxyl groups is 1. The van der Waals surface area contributed by atoms with Gasteiger partial charge in [0.2, 0.25) is 0 Å². The van der Waals surface area contributed by atoms with Crippen molar-refractivity contribution in [2.75, 3.05) is 6.61 Å². The fourth-order valence-electron chi connectivity index (χ4n) is 3.22. The molecule has 4 nitrogen and oxygen atoms in total. The molecule has 0 bridgehead atoms. The standard InChI is InChI=1S/C22H25NO3/c1-15-19(13-24)18-7-5-6-8-20(18)23(15)21(25)14-26-17-11-9-16(10-12-17)22(2,3)4/h5-12,24H,13-14H2,1-4H3. The van der Waals surface area contributed by atoms with E-state index in [9.17, 15) is 9.90 Å². The second-order valence-electron chi connectivity index (χ2n) is 7.53. The van der Waals surface area contributed by atoms with Gasteiger partial charge in [-0.25, -0.2) is 0 Å². The molecule has 136 valence electrons. The van der Waals surface area contributed by atoms with Crippen LogP contribution < -0.4 is 4.74 Å². The first-order valence-corrected chi connectivity index (χ1v) is 8.79. The lowest BCUT2D eigenvalue weighted by Gasteiger charge is -2.19. The number of benzene rings is 2. The van der Waals surface area contributed by atoms with Crippen molar-refractivity contribution in [2.24, 2.45) is 0 Å². The highest BCUT2D eigenvalue weighted by molar-refractivity contribution is 5.96. The Kier molecular flexibility index (Phi) is 4.88. The zero-order chi connectivity index (χ0) is 18.9. The second kappa shape index (κ2) is 6.96. The average Bonchev–Trinajstić information content (AvgIpc) is 2.90. The quantitative estimate of drug-likeness (QED) is 0.755. The first-order valence-electron chi connectivity index (χ1n) is 8.79. The van der Waals surface area contributed by atoms with Gasteiger partial charge in [0.15, 0.2) is 6.61 Å². The van der Waals surface area contributed by atoms with Crippen molar-refractivity contribution in [1.82, 2.24) is 4.57 Å². The van der Waals surface area contributed by atoms with Crippen LogP contribution in [-0.2, 0) is 12.0 Å². The number of rotatable bonds is 4. The van der Waals surface area contributed by atoms with Gasteiger partial charge < -0.3 is 9.84 Å². The molecule has 3 rings (SSSR count). The maximum Gasteiger partial charge on any atom is 0.269 e. The molecule has 0 saturated heterocycles. The summed E-state index contributed by atoms with van der Waals surface area (Å²) in [5.41, 5.74) is 3.63. The van der Waals surface area contributed by atoms with Crippen LogP contribution in [-0.4, -0.2) is 22.2 Å². The zero-order valence-electron chi connectivity index (χ0n) is 15.7. The van der Waals surface area contributed by atoms with Gasteiger partial charge in [-0.15, -0.1) is 0 Å². The summed E-state index contributed by atoms with van der Waals surface area (Å²) in [5, 5.41) is 10.6. The fraction of sp³-hybridized carbons (Fsp3) is 0.318. The number of hydrogen-bond acceptors (Lipinski definition) is 3. The fourth-order valence-corrected chi connectivity index (χ4v) is 3.22. The molecule has 0 fully saturated rings. The Hall–Kier alpha value is -2.59. The molecule has 0 aliphatic heterocycles. The minimum absolute atomic E-state index is 0.0563. The number of carbonyl (C=O) groups excluding carboxylic acids is 1. The van der Waals surface area contributed by atoms with Gasteiger partial charge in [-0.3, -0.25) is 9.36 Å². The van der Waals surface area contributed by atoms with Crippen LogP contribution in [0.1, 0.15) is 42.4 Å². The number of ether oxygens (including phenoxy) is 1. The van der Waals surface area contributed by atoms with Crippen LogP contribution in [0.5, 0.6) is 5.75 Å². The number of fused-ring (bicyclic) bond motifs is 1. The smallest absolute Gasteiger partial charge is 0.269 e. The molecule has 0 radical (unpaired) electrons. The van der Waals surface area contributed by atoms with E-state index >= 15 is 0 Å². The first-order chi connectivity index (χ1) is 12.3. The van der Waals surface area contributed by atoms with Gasteiger partial charge in [-0.1, -0.05) is 51.1 Å². The molecule has 0 amide bonds. The Morgan fingerprint density at radius 1 is 1.08 bits per heavy atom. The summed E-state index contributed by atoms with van der Waals surface area (Å²) >= 11 is 0. The Balaban J connectivity index is 1.81. The van der Waals surface area contributed by atoms with E-state index in [1.54, 1.807) is 4.57 Å². The molecule has 1 N–H and O–H groups in total. The second-order valence-corrected chi connectivity index (χ2v) is 7.53. The third-order valence-electron chi connectivity index (χ3n) is 4.73. The van der Waals surface area contributed by atoms with E-state index in [0.29, 0.717) is 5.75 Å². The number of aliphatic hydroxyl groups excluding tert-OH is 1. The maximum absolute atomic E-state index is 12.8. The normalized spacial score (nSPS) is 11.7. The summed E-state index contributed by atoms with van der Waals surface area (Å²) in [5.74, 6) is 0.515. The first kappa shape index (κ1) is 18.2. The summed E-state index contributed by atoms with van der Waals surface area (Å²) in [6, 6.07) is 15.4. The topological polar surface area (TPSA) is 51.5 Å². The average molecular weight is 351 g/mol. The van der Waals surface area contributed by atoms with Gasteiger partial charge >= 0.3 is 0 Å². The lowest BCUT2D eigenvalue weighted by Crippen LogP contribution is -2.20. The van der Waals surface area contributed by atoms with Crippen molar-refractivity contribution in [3.8, 4) is 5.75 Å². The molecule has 0 spiro atoms. The highest BCUT2D eigenvalue weighted by Gasteiger charge is 2.18. The molecular formula is C22H25NO3. The van der Waals surface area contributed by atoms with Gasteiger partial charge in [0, 0.05) is 16.6 Å². The van der Waals surface area contributed by atoms with Gasteiger partial charge in [-0.05, 0) is 36.1 Å². The summed E-state index contributed by atoms with van der Waals surface area (Å²) < 4.78 is 7.33. The molecule has 1 heterocycles.